The molecule has 2 heterocycles. The molecule has 0 radical (unpaired) electrons. The van der Waals surface area contributed by atoms with Crippen molar-refractivity contribution in [1.82, 2.24) is 19.6 Å². The zero-order valence-electron chi connectivity index (χ0n) is 17.4. The van der Waals surface area contributed by atoms with E-state index in [9.17, 15) is 18.3 Å². The van der Waals surface area contributed by atoms with Crippen LogP contribution in [0.3, 0.4) is 0 Å². The van der Waals surface area contributed by atoms with Gasteiger partial charge in [-0.05, 0) is 49.5 Å². The van der Waals surface area contributed by atoms with Crippen molar-refractivity contribution in [3.05, 3.63) is 71.9 Å². The number of allylic oxidation sites excluding steroid dienone is 5. The Morgan fingerprint density at radius 3 is 2.72 bits per heavy atom. The highest BCUT2D eigenvalue weighted by Crippen LogP contribution is 2.41. The molecule has 0 amide bonds. The van der Waals surface area contributed by atoms with Gasteiger partial charge in [-0.2, -0.15) is 18.3 Å². The lowest BCUT2D eigenvalue weighted by molar-refractivity contribution is -0.138. The summed E-state index contributed by atoms with van der Waals surface area (Å²) in [7, 11) is 0. The van der Waals surface area contributed by atoms with Gasteiger partial charge in [0.1, 0.15) is 29.1 Å². The van der Waals surface area contributed by atoms with E-state index in [-0.39, 0.29) is 11.7 Å². The molecular formula is C23H22F3N5O. The topological polar surface area (TPSA) is 89.3 Å². The summed E-state index contributed by atoms with van der Waals surface area (Å²) in [6.45, 7) is 5.85. The van der Waals surface area contributed by atoms with Crippen molar-refractivity contribution in [3.8, 4) is 17.0 Å². The number of phenolic OH excluding ortho intramolecular Hbond substituents is 1. The maximum Gasteiger partial charge on any atom is 0.419 e. The number of hydrogen-bond donors (Lipinski definition) is 2. The molecule has 1 aromatic carbocycles. The van der Waals surface area contributed by atoms with E-state index in [4.69, 9.17) is 10.7 Å². The molecule has 1 aliphatic carbocycles. The zero-order chi connectivity index (χ0) is 23.0. The largest absolute Gasteiger partial charge is 0.507 e. The molecule has 32 heavy (non-hydrogen) atoms. The molecule has 4 rings (SSSR count). The van der Waals surface area contributed by atoms with Crippen LogP contribution in [0.15, 0.2) is 60.5 Å². The van der Waals surface area contributed by atoms with Gasteiger partial charge in [-0.1, -0.05) is 30.9 Å². The van der Waals surface area contributed by atoms with Crippen LogP contribution < -0.4 is 5.73 Å². The number of rotatable bonds is 4. The van der Waals surface area contributed by atoms with Crippen LogP contribution in [0.1, 0.15) is 43.5 Å². The number of nitrogen functional groups attached to an aromatic ring is 1. The molecule has 6 nitrogen and oxygen atoms in total. The van der Waals surface area contributed by atoms with Crippen LogP contribution in [-0.4, -0.2) is 24.7 Å². The fourth-order valence-corrected chi connectivity index (χ4v) is 4.18. The van der Waals surface area contributed by atoms with Crippen molar-refractivity contribution in [2.45, 2.75) is 38.3 Å². The summed E-state index contributed by atoms with van der Waals surface area (Å²) in [6, 6.07) is 3.14. The minimum absolute atomic E-state index is 0.0171. The standard InChI is InChI=1S/C23H22F3N5O/c1-3-5-14-10-16(7-6-13(14)4-2)22-30-19(20-21(27)28-12-29-31(20)22)15-8-9-17(18(32)11-15)23(24,25)26/h3-5,8-9,11-12,16,32H,2,6-7,10H2,1H3,(H2,27,28,29)/b5-3-. The first kappa shape index (κ1) is 21.6. The van der Waals surface area contributed by atoms with Gasteiger partial charge in [0.25, 0.3) is 0 Å². The SMILES string of the molecule is C=CC1=C(/C=C\C)CC(c2nc(-c3ccc(C(F)(F)F)c(O)c3)c3c(N)ncnn23)CC1. The van der Waals surface area contributed by atoms with Crippen molar-refractivity contribution in [2.24, 2.45) is 0 Å². The molecule has 1 unspecified atom stereocenters. The Balaban J connectivity index is 1.85. The molecule has 0 saturated heterocycles. The molecule has 1 aliphatic rings. The van der Waals surface area contributed by atoms with Gasteiger partial charge in [-0.25, -0.2) is 14.5 Å². The average Bonchev–Trinajstić information content (AvgIpc) is 3.14. The summed E-state index contributed by atoms with van der Waals surface area (Å²) in [4.78, 5) is 8.77. The van der Waals surface area contributed by atoms with Crippen molar-refractivity contribution in [3.63, 3.8) is 0 Å². The third kappa shape index (κ3) is 3.74. The number of aromatic hydroxyl groups is 1. The van der Waals surface area contributed by atoms with Gasteiger partial charge in [0.05, 0.1) is 5.56 Å². The Labute approximate surface area is 182 Å². The van der Waals surface area contributed by atoms with E-state index in [0.717, 1.165) is 30.5 Å². The van der Waals surface area contributed by atoms with Gasteiger partial charge in [0.15, 0.2) is 5.82 Å². The van der Waals surface area contributed by atoms with Crippen LogP contribution in [-0.2, 0) is 6.18 Å². The van der Waals surface area contributed by atoms with Crippen molar-refractivity contribution < 1.29 is 18.3 Å². The van der Waals surface area contributed by atoms with Gasteiger partial charge in [0, 0.05) is 11.5 Å². The Morgan fingerprint density at radius 2 is 2.06 bits per heavy atom. The second-order valence-electron chi connectivity index (χ2n) is 7.65. The molecular weight excluding hydrogens is 419 g/mol. The molecule has 9 heteroatoms. The lowest BCUT2D eigenvalue weighted by Gasteiger charge is -2.23. The van der Waals surface area contributed by atoms with E-state index >= 15 is 0 Å². The average molecular weight is 441 g/mol. The second-order valence-corrected chi connectivity index (χ2v) is 7.65. The molecule has 0 aliphatic heterocycles. The molecule has 3 N–H and O–H groups in total. The van der Waals surface area contributed by atoms with E-state index in [0.29, 0.717) is 29.0 Å². The molecule has 2 aromatic heterocycles. The number of benzene rings is 1. The van der Waals surface area contributed by atoms with Crippen LogP contribution in [0.2, 0.25) is 0 Å². The Morgan fingerprint density at radius 1 is 1.28 bits per heavy atom. The van der Waals surface area contributed by atoms with Gasteiger partial charge in [-0.3, -0.25) is 0 Å². The van der Waals surface area contributed by atoms with E-state index < -0.39 is 17.5 Å². The highest BCUT2D eigenvalue weighted by Gasteiger charge is 2.34. The Bertz CT molecular complexity index is 1260. The lowest BCUT2D eigenvalue weighted by Crippen LogP contribution is -2.12. The number of nitrogens with zero attached hydrogens (tertiary/aromatic N) is 4. The second kappa shape index (κ2) is 8.14. The summed E-state index contributed by atoms with van der Waals surface area (Å²) < 4.78 is 40.8. The third-order valence-electron chi connectivity index (χ3n) is 5.68. The number of phenols is 1. The van der Waals surface area contributed by atoms with E-state index in [1.165, 1.54) is 18.0 Å². The first-order valence-electron chi connectivity index (χ1n) is 10.1. The van der Waals surface area contributed by atoms with Crippen LogP contribution in [0.5, 0.6) is 5.75 Å². The number of hydrogen-bond acceptors (Lipinski definition) is 5. The molecule has 0 fully saturated rings. The molecule has 166 valence electrons. The summed E-state index contributed by atoms with van der Waals surface area (Å²) in [5.74, 6) is -0.0586. The number of nitrogens with two attached hydrogens (primary N) is 1. The van der Waals surface area contributed by atoms with Crippen LogP contribution in [0.4, 0.5) is 19.0 Å². The molecule has 0 saturated carbocycles. The number of fused-ring (bicyclic) bond motifs is 1. The maximum absolute atomic E-state index is 13.1. The summed E-state index contributed by atoms with van der Waals surface area (Å²) >= 11 is 0. The van der Waals surface area contributed by atoms with Gasteiger partial charge >= 0.3 is 6.18 Å². The van der Waals surface area contributed by atoms with Crippen molar-refractivity contribution >= 4 is 11.3 Å². The van der Waals surface area contributed by atoms with Crippen molar-refractivity contribution in [2.75, 3.05) is 5.73 Å². The minimum Gasteiger partial charge on any atom is -0.507 e. The van der Waals surface area contributed by atoms with E-state index in [1.807, 2.05) is 19.1 Å². The molecule has 0 spiro atoms. The summed E-state index contributed by atoms with van der Waals surface area (Å²) in [5, 5.41) is 14.3. The predicted molar refractivity (Wildman–Crippen MR) is 116 cm³/mol. The first-order chi connectivity index (χ1) is 15.2. The third-order valence-corrected chi connectivity index (χ3v) is 5.68. The predicted octanol–water partition coefficient (Wildman–Crippen LogP) is 5.42. The fraction of sp³-hybridized carbons (Fsp3) is 0.261. The van der Waals surface area contributed by atoms with Crippen LogP contribution in [0, 0.1) is 0 Å². The van der Waals surface area contributed by atoms with E-state index in [1.54, 1.807) is 4.52 Å². The van der Waals surface area contributed by atoms with Crippen LogP contribution >= 0.6 is 0 Å². The normalized spacial score (nSPS) is 17.4. The molecule has 1 atom stereocenters. The fourth-order valence-electron chi connectivity index (χ4n) is 4.18. The summed E-state index contributed by atoms with van der Waals surface area (Å²) in [6.07, 6.45) is 4.90. The number of alkyl halides is 3. The van der Waals surface area contributed by atoms with Crippen LogP contribution in [0.25, 0.3) is 16.8 Å². The molecule has 0 bridgehead atoms. The zero-order valence-corrected chi connectivity index (χ0v) is 17.4. The highest BCUT2D eigenvalue weighted by molar-refractivity contribution is 5.85. The number of aromatic nitrogens is 4. The van der Waals surface area contributed by atoms with Crippen molar-refractivity contribution in [1.29, 1.82) is 0 Å². The summed E-state index contributed by atoms with van der Waals surface area (Å²) in [5.41, 5.74) is 8.36. The highest BCUT2D eigenvalue weighted by atomic mass is 19.4. The van der Waals surface area contributed by atoms with Gasteiger partial charge in [-0.15, -0.1) is 0 Å². The molecule has 3 aromatic rings. The number of anilines is 1. The van der Waals surface area contributed by atoms with Gasteiger partial charge < -0.3 is 10.8 Å². The quantitative estimate of drug-likeness (QED) is 0.564. The first-order valence-corrected chi connectivity index (χ1v) is 10.1. The monoisotopic (exact) mass is 441 g/mol. The van der Waals surface area contributed by atoms with Gasteiger partial charge in [0.2, 0.25) is 0 Å². The maximum atomic E-state index is 13.1. The Kier molecular flexibility index (Phi) is 5.50. The lowest BCUT2D eigenvalue weighted by atomic mass is 9.83. The van der Waals surface area contributed by atoms with E-state index in [2.05, 4.69) is 22.7 Å². The Hall–Kier alpha value is -3.62. The number of halogens is 3. The minimum atomic E-state index is -4.66. The smallest absolute Gasteiger partial charge is 0.419 e. The number of imidazole rings is 1.